The van der Waals surface area contributed by atoms with E-state index in [1.165, 1.54) is 9.48 Å². The van der Waals surface area contributed by atoms with E-state index in [-0.39, 0.29) is 18.4 Å². The molecule has 0 saturated heterocycles. The summed E-state index contributed by atoms with van der Waals surface area (Å²) in [7, 11) is 0. The molecular formula is C25H28N3O4+. The van der Waals surface area contributed by atoms with Crippen LogP contribution in [0.1, 0.15) is 43.4 Å². The van der Waals surface area contributed by atoms with Crippen LogP contribution in [0.2, 0.25) is 0 Å². The lowest BCUT2D eigenvalue weighted by atomic mass is 10.0. The molecule has 0 spiro atoms. The number of aryl methyl sites for hydroxylation is 2. The monoisotopic (exact) mass is 434 g/mol. The molecule has 0 bridgehead atoms. The number of fused-ring (bicyclic) bond motifs is 3. The molecule has 2 heterocycles. The number of nitrogens with one attached hydrogen (secondary N) is 1. The molecule has 0 radical (unpaired) electrons. The van der Waals surface area contributed by atoms with Crippen molar-refractivity contribution in [3.8, 4) is 5.75 Å². The highest BCUT2D eigenvalue weighted by atomic mass is 16.5. The maximum Gasteiger partial charge on any atom is 0.501 e. The van der Waals surface area contributed by atoms with Crippen LogP contribution in [-0.4, -0.2) is 52.2 Å². The first-order valence-corrected chi connectivity index (χ1v) is 11.1. The summed E-state index contributed by atoms with van der Waals surface area (Å²) in [5.41, 5.74) is 3.88. The third-order valence-electron chi connectivity index (χ3n) is 5.94. The molecule has 1 atom stereocenters. The van der Waals surface area contributed by atoms with Crippen molar-refractivity contribution in [2.45, 2.75) is 46.1 Å². The molecule has 2 aromatic carbocycles. The number of benzene rings is 2. The average Bonchev–Trinajstić information content (AvgIpc) is 3.18. The molecule has 0 aromatic heterocycles. The van der Waals surface area contributed by atoms with Gasteiger partial charge in [0.15, 0.2) is 12.3 Å². The number of imide groups is 1. The van der Waals surface area contributed by atoms with Crippen molar-refractivity contribution in [2.75, 3.05) is 18.4 Å². The quantitative estimate of drug-likeness (QED) is 0.677. The number of ether oxygens (including phenoxy) is 1. The number of amides is 4. The van der Waals surface area contributed by atoms with E-state index in [1.807, 2.05) is 57.2 Å². The van der Waals surface area contributed by atoms with E-state index in [1.54, 1.807) is 6.07 Å². The summed E-state index contributed by atoms with van der Waals surface area (Å²) >= 11 is 0. The Morgan fingerprint density at radius 3 is 2.66 bits per heavy atom. The van der Waals surface area contributed by atoms with Crippen molar-refractivity contribution in [3.63, 3.8) is 0 Å². The molecule has 2 aliphatic heterocycles. The summed E-state index contributed by atoms with van der Waals surface area (Å²) in [5, 5.41) is 2.98. The number of nitrogens with zero attached hydrogens (tertiary/aromatic N) is 2. The van der Waals surface area contributed by atoms with Crippen LogP contribution < -0.4 is 10.1 Å². The van der Waals surface area contributed by atoms with Crippen LogP contribution in [0.3, 0.4) is 0 Å². The second kappa shape index (κ2) is 8.94. The summed E-state index contributed by atoms with van der Waals surface area (Å²) in [4.78, 5) is 40.7. The highest BCUT2D eigenvalue weighted by Crippen LogP contribution is 2.32. The number of carbonyl (C=O) groups is 3. The Bertz CT molecular complexity index is 1120. The van der Waals surface area contributed by atoms with E-state index in [0.717, 1.165) is 29.7 Å². The highest BCUT2D eigenvalue weighted by molar-refractivity contribution is 6.22. The van der Waals surface area contributed by atoms with Gasteiger partial charge in [0.1, 0.15) is 5.75 Å². The summed E-state index contributed by atoms with van der Waals surface area (Å²) in [6.45, 7) is 6.07. The number of hydrogen-bond acceptors (Lipinski definition) is 4. The largest absolute Gasteiger partial charge is 0.501 e. The predicted octanol–water partition coefficient (Wildman–Crippen LogP) is 3.52. The molecule has 0 fully saturated rings. The SMILES string of the molecule is CCCCN1C(=O)C2Oc3ccccc3C2=[N+](CC(=O)Nc2c(C)cccc2CC)C1=O. The standard InChI is InChI=1S/C25H27N3O4/c1-4-6-14-27-24(30)23-22(18-12-7-8-13-19(18)32-23)28(25(27)31)15-20(29)26-21-16(3)10-9-11-17(21)5-2/h7-13,23H,4-6,14-15H2,1-3H3/p+1. The second-order valence-corrected chi connectivity index (χ2v) is 8.10. The molecule has 1 unspecified atom stereocenters. The molecular weight excluding hydrogens is 406 g/mol. The average molecular weight is 435 g/mol. The zero-order valence-electron chi connectivity index (χ0n) is 18.7. The van der Waals surface area contributed by atoms with E-state index in [4.69, 9.17) is 4.74 Å². The molecule has 166 valence electrons. The van der Waals surface area contributed by atoms with Crippen molar-refractivity contribution in [3.05, 3.63) is 59.2 Å². The smallest absolute Gasteiger partial charge is 0.469 e. The molecule has 0 saturated carbocycles. The summed E-state index contributed by atoms with van der Waals surface area (Å²) in [6.07, 6.45) is 1.39. The van der Waals surface area contributed by atoms with Crippen molar-refractivity contribution in [1.82, 2.24) is 4.90 Å². The van der Waals surface area contributed by atoms with Crippen LogP contribution >= 0.6 is 0 Å². The van der Waals surface area contributed by atoms with E-state index in [9.17, 15) is 14.4 Å². The normalized spacial score (nSPS) is 17.2. The summed E-state index contributed by atoms with van der Waals surface area (Å²) in [6, 6.07) is 12.6. The van der Waals surface area contributed by atoms with Gasteiger partial charge < -0.3 is 10.1 Å². The van der Waals surface area contributed by atoms with Crippen LogP contribution in [-0.2, 0) is 16.0 Å². The maximum absolute atomic E-state index is 13.3. The lowest BCUT2D eigenvalue weighted by Crippen LogP contribution is -2.58. The lowest BCUT2D eigenvalue weighted by Gasteiger charge is -2.24. The van der Waals surface area contributed by atoms with Gasteiger partial charge in [0.2, 0.25) is 0 Å². The third kappa shape index (κ3) is 3.79. The lowest BCUT2D eigenvalue weighted by molar-refractivity contribution is -0.428. The Kier molecular flexibility index (Phi) is 6.08. The van der Waals surface area contributed by atoms with Gasteiger partial charge in [0.05, 0.1) is 12.1 Å². The molecule has 0 aliphatic carbocycles. The van der Waals surface area contributed by atoms with Crippen molar-refractivity contribution in [1.29, 1.82) is 0 Å². The van der Waals surface area contributed by atoms with Gasteiger partial charge in [0.25, 0.3) is 12.0 Å². The predicted molar refractivity (Wildman–Crippen MR) is 121 cm³/mol. The van der Waals surface area contributed by atoms with Gasteiger partial charge in [-0.3, -0.25) is 4.79 Å². The minimum absolute atomic E-state index is 0.199. The van der Waals surface area contributed by atoms with Crippen LogP contribution in [0, 0.1) is 6.92 Å². The summed E-state index contributed by atoms with van der Waals surface area (Å²) < 4.78 is 7.31. The highest BCUT2D eigenvalue weighted by Gasteiger charge is 2.53. The third-order valence-corrected chi connectivity index (χ3v) is 5.94. The van der Waals surface area contributed by atoms with Gasteiger partial charge in [-0.05, 0) is 43.0 Å². The van der Waals surface area contributed by atoms with E-state index >= 15 is 0 Å². The number of hydrogen-bond donors (Lipinski definition) is 1. The Morgan fingerprint density at radius 2 is 1.91 bits per heavy atom. The molecule has 7 nitrogen and oxygen atoms in total. The van der Waals surface area contributed by atoms with Gasteiger partial charge in [-0.25, -0.2) is 4.79 Å². The fourth-order valence-electron chi connectivity index (χ4n) is 4.24. The first kappa shape index (κ1) is 21.7. The molecule has 4 rings (SSSR count). The first-order chi connectivity index (χ1) is 15.5. The van der Waals surface area contributed by atoms with Crippen molar-refractivity contribution in [2.24, 2.45) is 0 Å². The Labute approximate surface area is 187 Å². The second-order valence-electron chi connectivity index (χ2n) is 8.10. The number of carbonyl (C=O) groups excluding carboxylic acids is 3. The topological polar surface area (TPSA) is 78.7 Å². The maximum atomic E-state index is 13.3. The summed E-state index contributed by atoms with van der Waals surface area (Å²) in [5.74, 6) is -0.148. The zero-order chi connectivity index (χ0) is 22.8. The van der Waals surface area contributed by atoms with Crippen LogP contribution in [0.5, 0.6) is 5.75 Å². The fraction of sp³-hybridized carbons (Fsp3) is 0.360. The minimum atomic E-state index is -0.917. The van der Waals surface area contributed by atoms with Crippen molar-refractivity contribution >= 4 is 29.2 Å². The van der Waals surface area contributed by atoms with Gasteiger partial charge in [-0.1, -0.05) is 50.6 Å². The van der Waals surface area contributed by atoms with Gasteiger partial charge in [0, 0.05) is 5.69 Å². The molecule has 1 N–H and O–H groups in total. The van der Waals surface area contributed by atoms with Crippen LogP contribution in [0.15, 0.2) is 42.5 Å². The van der Waals surface area contributed by atoms with Gasteiger partial charge >= 0.3 is 11.9 Å². The molecule has 2 aliphatic rings. The van der Waals surface area contributed by atoms with Gasteiger partial charge in [-0.2, -0.15) is 14.3 Å². The zero-order valence-corrected chi connectivity index (χ0v) is 18.7. The number of urea groups is 1. The molecule has 7 heteroatoms. The number of unbranched alkanes of at least 4 members (excludes halogenated alkanes) is 1. The van der Waals surface area contributed by atoms with Gasteiger partial charge in [-0.15, -0.1) is 0 Å². The number of anilines is 1. The first-order valence-electron chi connectivity index (χ1n) is 11.1. The van der Waals surface area contributed by atoms with E-state index < -0.39 is 12.1 Å². The molecule has 32 heavy (non-hydrogen) atoms. The van der Waals surface area contributed by atoms with E-state index in [0.29, 0.717) is 30.0 Å². The Morgan fingerprint density at radius 1 is 1.12 bits per heavy atom. The molecule has 2 aromatic rings. The Balaban J connectivity index is 1.71. The Hall–Kier alpha value is -3.48. The minimum Gasteiger partial charge on any atom is -0.469 e. The fourth-order valence-corrected chi connectivity index (χ4v) is 4.24. The van der Waals surface area contributed by atoms with Crippen LogP contribution in [0.4, 0.5) is 10.5 Å². The number of para-hydroxylation sites is 2. The number of rotatable bonds is 7. The van der Waals surface area contributed by atoms with Crippen LogP contribution in [0.25, 0.3) is 0 Å². The molecule has 4 amide bonds. The van der Waals surface area contributed by atoms with E-state index in [2.05, 4.69) is 5.32 Å². The van der Waals surface area contributed by atoms with Crippen molar-refractivity contribution < 1.29 is 23.7 Å².